The van der Waals surface area contributed by atoms with Crippen molar-refractivity contribution in [1.29, 1.82) is 0 Å². The molecule has 0 radical (unpaired) electrons. The van der Waals surface area contributed by atoms with Crippen LogP contribution in [-0.2, 0) is 9.53 Å². The minimum atomic E-state index is -0.494. The first-order chi connectivity index (χ1) is 9.11. The second-order valence-corrected chi connectivity index (χ2v) is 6.23. The maximum atomic E-state index is 11.9. The lowest BCUT2D eigenvalue weighted by Crippen LogP contribution is -2.58. The fourth-order valence-electron chi connectivity index (χ4n) is 4.63. The summed E-state index contributed by atoms with van der Waals surface area (Å²) < 4.78 is 5.84. The number of piperidine rings is 1. The minimum absolute atomic E-state index is 0.0942. The Labute approximate surface area is 113 Å². The van der Waals surface area contributed by atoms with Crippen LogP contribution in [0.4, 0.5) is 0 Å². The lowest BCUT2D eigenvalue weighted by molar-refractivity contribution is -0.154. The van der Waals surface area contributed by atoms with E-state index in [1.807, 2.05) is 0 Å². The predicted octanol–water partition coefficient (Wildman–Crippen LogP) is 1.80. The van der Waals surface area contributed by atoms with Crippen molar-refractivity contribution in [2.45, 2.75) is 49.8 Å². The number of nitrogens with zero attached hydrogens (tertiary/aromatic N) is 1. The molecule has 3 heteroatoms. The lowest BCUT2D eigenvalue weighted by Gasteiger charge is -2.47. The topological polar surface area (TPSA) is 29.5 Å². The molecule has 0 N–H and O–H groups in total. The van der Waals surface area contributed by atoms with Crippen molar-refractivity contribution in [1.82, 2.24) is 4.90 Å². The highest BCUT2D eigenvalue weighted by Crippen LogP contribution is 2.58. The summed E-state index contributed by atoms with van der Waals surface area (Å²) in [6.45, 7) is 3.31. The first-order valence-corrected chi connectivity index (χ1v) is 7.01. The summed E-state index contributed by atoms with van der Waals surface area (Å²) in [5.41, 5.74) is 1.22. The maximum Gasteiger partial charge on any atom is 0.332 e. The quantitative estimate of drug-likeness (QED) is 0.488. The van der Waals surface area contributed by atoms with Crippen LogP contribution in [0.15, 0.2) is 23.3 Å². The second-order valence-electron chi connectivity index (χ2n) is 6.23. The van der Waals surface area contributed by atoms with Gasteiger partial charge < -0.3 is 4.74 Å². The highest BCUT2D eigenvalue weighted by molar-refractivity contribution is 5.90. The summed E-state index contributed by atoms with van der Waals surface area (Å²) in [7, 11) is 0. The van der Waals surface area contributed by atoms with Gasteiger partial charge in [-0.15, -0.1) is 6.42 Å². The number of hydrogen-bond acceptors (Lipinski definition) is 3. The molecular formula is C16H17NO2. The lowest BCUT2D eigenvalue weighted by atomic mass is 9.69. The van der Waals surface area contributed by atoms with Crippen LogP contribution in [0.25, 0.3) is 0 Å². The van der Waals surface area contributed by atoms with Gasteiger partial charge in [0.2, 0.25) is 0 Å². The number of carbonyl (C=O) groups excluding carboxylic acids is 1. The van der Waals surface area contributed by atoms with Gasteiger partial charge in [-0.25, -0.2) is 4.79 Å². The standard InChI is InChI=1S/C16H17NO2/c1-3-11-8-12-10-16(13(11)9-14(18)19-16)15(2)6-4-5-7-17(12)15/h1,8-9,12H,4-7,10H2,2H3/t12-,15-,16+/m1/s1. The van der Waals surface area contributed by atoms with Crippen molar-refractivity contribution >= 4 is 5.97 Å². The normalized spacial score (nSPS) is 43.8. The van der Waals surface area contributed by atoms with Gasteiger partial charge in [0.15, 0.2) is 5.60 Å². The highest BCUT2D eigenvalue weighted by Gasteiger charge is 2.68. The van der Waals surface area contributed by atoms with Gasteiger partial charge in [0.1, 0.15) is 0 Å². The van der Waals surface area contributed by atoms with Crippen LogP contribution >= 0.6 is 0 Å². The summed E-state index contributed by atoms with van der Waals surface area (Å²) in [5.74, 6) is 2.52. The summed E-state index contributed by atoms with van der Waals surface area (Å²) in [4.78, 5) is 14.4. The molecule has 2 fully saturated rings. The van der Waals surface area contributed by atoms with E-state index in [2.05, 4.69) is 23.8 Å². The number of carbonyl (C=O) groups is 1. The van der Waals surface area contributed by atoms with Crippen molar-refractivity contribution in [2.75, 3.05) is 6.54 Å². The largest absolute Gasteiger partial charge is 0.449 e. The van der Waals surface area contributed by atoms with Crippen LogP contribution in [0, 0.1) is 12.3 Å². The Morgan fingerprint density at radius 1 is 1.53 bits per heavy atom. The molecule has 1 spiro atoms. The van der Waals surface area contributed by atoms with E-state index in [0.29, 0.717) is 6.04 Å². The number of terminal acetylenes is 1. The van der Waals surface area contributed by atoms with Gasteiger partial charge >= 0.3 is 5.97 Å². The van der Waals surface area contributed by atoms with E-state index in [-0.39, 0.29) is 11.5 Å². The summed E-state index contributed by atoms with van der Waals surface area (Å²) in [6.07, 6.45) is 13.8. The fraction of sp³-hybridized carbons (Fsp3) is 0.562. The second kappa shape index (κ2) is 3.32. The van der Waals surface area contributed by atoms with E-state index in [4.69, 9.17) is 11.2 Å². The third kappa shape index (κ3) is 1.12. The molecule has 0 amide bonds. The molecule has 19 heavy (non-hydrogen) atoms. The molecule has 3 heterocycles. The fourth-order valence-corrected chi connectivity index (χ4v) is 4.63. The molecule has 0 aromatic carbocycles. The first kappa shape index (κ1) is 11.3. The molecule has 3 atom stereocenters. The predicted molar refractivity (Wildman–Crippen MR) is 71.2 cm³/mol. The number of hydrogen-bond donors (Lipinski definition) is 0. The third-order valence-corrected chi connectivity index (χ3v) is 5.49. The van der Waals surface area contributed by atoms with Gasteiger partial charge in [-0.05, 0) is 26.3 Å². The van der Waals surface area contributed by atoms with Crippen molar-refractivity contribution in [3.05, 3.63) is 23.3 Å². The Balaban J connectivity index is 1.95. The zero-order valence-electron chi connectivity index (χ0n) is 11.1. The Kier molecular flexibility index (Phi) is 1.97. The smallest absolute Gasteiger partial charge is 0.332 e. The number of rotatable bonds is 0. The zero-order valence-corrected chi connectivity index (χ0v) is 11.1. The van der Waals surface area contributed by atoms with Gasteiger partial charge in [0, 0.05) is 29.7 Å². The van der Waals surface area contributed by atoms with E-state index in [1.54, 1.807) is 6.08 Å². The van der Waals surface area contributed by atoms with Gasteiger partial charge in [-0.3, -0.25) is 4.90 Å². The molecule has 1 aliphatic carbocycles. The minimum Gasteiger partial charge on any atom is -0.449 e. The average Bonchev–Trinajstić information content (AvgIpc) is 2.84. The van der Waals surface area contributed by atoms with Crippen LogP contribution in [0.5, 0.6) is 0 Å². The van der Waals surface area contributed by atoms with Crippen LogP contribution in [0.3, 0.4) is 0 Å². The molecule has 3 nitrogen and oxygen atoms in total. The Morgan fingerprint density at radius 2 is 2.37 bits per heavy atom. The molecular weight excluding hydrogens is 238 g/mol. The highest BCUT2D eigenvalue weighted by atomic mass is 16.6. The first-order valence-electron chi connectivity index (χ1n) is 7.01. The van der Waals surface area contributed by atoms with Crippen LogP contribution < -0.4 is 0 Å². The molecule has 0 unspecified atom stereocenters. The number of esters is 1. The Bertz CT molecular complexity index is 582. The van der Waals surface area contributed by atoms with Crippen molar-refractivity contribution in [2.24, 2.45) is 0 Å². The monoisotopic (exact) mass is 255 g/mol. The third-order valence-electron chi connectivity index (χ3n) is 5.49. The van der Waals surface area contributed by atoms with E-state index in [9.17, 15) is 4.79 Å². The average molecular weight is 255 g/mol. The van der Waals surface area contributed by atoms with E-state index >= 15 is 0 Å². The van der Waals surface area contributed by atoms with Gasteiger partial charge in [0.25, 0.3) is 0 Å². The van der Waals surface area contributed by atoms with Crippen molar-refractivity contribution in [3.63, 3.8) is 0 Å². The molecule has 2 bridgehead atoms. The van der Waals surface area contributed by atoms with Gasteiger partial charge in [0.05, 0.1) is 5.54 Å². The van der Waals surface area contributed by atoms with Crippen molar-refractivity contribution < 1.29 is 9.53 Å². The molecule has 4 rings (SSSR count). The summed E-state index contributed by atoms with van der Waals surface area (Å²) in [6, 6.07) is 0.319. The Morgan fingerprint density at radius 3 is 3.16 bits per heavy atom. The van der Waals surface area contributed by atoms with Gasteiger partial charge in [-0.1, -0.05) is 18.4 Å². The zero-order chi connectivity index (χ0) is 13.3. The molecule has 98 valence electrons. The summed E-state index contributed by atoms with van der Waals surface area (Å²) in [5, 5.41) is 0. The molecule has 2 saturated heterocycles. The molecule has 0 aromatic heterocycles. The number of ether oxygens (including phenoxy) is 1. The SMILES string of the molecule is C#CC1=C[C@@H]2C[C@@]3(OC(=O)C=C13)[C@@]1(C)CCCCN21. The van der Waals surface area contributed by atoms with Crippen LogP contribution in [0.1, 0.15) is 32.6 Å². The van der Waals surface area contributed by atoms with E-state index in [0.717, 1.165) is 30.5 Å². The molecule has 3 aliphatic heterocycles. The molecule has 4 aliphatic rings. The molecule has 0 saturated carbocycles. The van der Waals surface area contributed by atoms with Crippen LogP contribution in [0.2, 0.25) is 0 Å². The van der Waals surface area contributed by atoms with Gasteiger partial charge in [-0.2, -0.15) is 0 Å². The Hall–Kier alpha value is -1.53. The number of fused-ring (bicyclic) bond motifs is 3. The summed E-state index contributed by atoms with van der Waals surface area (Å²) >= 11 is 0. The maximum absolute atomic E-state index is 11.9. The van der Waals surface area contributed by atoms with Crippen molar-refractivity contribution in [3.8, 4) is 12.3 Å². The van der Waals surface area contributed by atoms with Crippen LogP contribution in [-0.4, -0.2) is 34.6 Å². The molecule has 0 aromatic rings. The van der Waals surface area contributed by atoms with E-state index < -0.39 is 5.60 Å². The van der Waals surface area contributed by atoms with E-state index in [1.165, 1.54) is 12.8 Å².